The van der Waals surface area contributed by atoms with E-state index in [4.69, 9.17) is 4.74 Å². The Morgan fingerprint density at radius 3 is 2.14 bits per heavy atom. The summed E-state index contributed by atoms with van der Waals surface area (Å²) in [6.07, 6.45) is 0.352. The number of hydrogen-bond acceptors (Lipinski definition) is 4. The van der Waals surface area contributed by atoms with Crippen molar-refractivity contribution in [3.8, 4) is 0 Å². The molecule has 1 atom stereocenters. The minimum Gasteiger partial charge on any atom is -0.456 e. The molecule has 0 aromatic heterocycles. The van der Waals surface area contributed by atoms with Crippen LogP contribution < -0.4 is 0 Å². The first-order valence-corrected chi connectivity index (χ1v) is 8.76. The van der Waals surface area contributed by atoms with Gasteiger partial charge < -0.3 is 9.22 Å². The molecule has 0 fully saturated rings. The molecule has 0 spiro atoms. The summed E-state index contributed by atoms with van der Waals surface area (Å²) < 4.78 is 37.6. The lowest BCUT2D eigenvalue weighted by Crippen LogP contribution is -2.55. The number of rotatable bonds is 10. The molecule has 0 heterocycles. The van der Waals surface area contributed by atoms with Crippen molar-refractivity contribution >= 4 is 16.1 Å². The second-order valence-corrected chi connectivity index (χ2v) is 7.04. The van der Waals surface area contributed by atoms with Crippen LogP contribution in [0, 0.1) is 0 Å². The Bertz CT molecular complexity index is 454. The van der Waals surface area contributed by atoms with E-state index in [0.29, 0.717) is 42.7 Å². The van der Waals surface area contributed by atoms with Crippen molar-refractivity contribution in [2.45, 2.75) is 39.4 Å². The lowest BCUT2D eigenvalue weighted by atomic mass is 10.2. The van der Waals surface area contributed by atoms with Crippen LogP contribution in [0.4, 0.5) is 0 Å². The van der Waals surface area contributed by atoms with Crippen molar-refractivity contribution in [2.24, 2.45) is 0 Å². The number of quaternary nitrogens is 1. The molecule has 7 heteroatoms. The Labute approximate surface area is 128 Å². The molecule has 0 aliphatic heterocycles. The van der Waals surface area contributed by atoms with E-state index in [0.717, 1.165) is 0 Å². The van der Waals surface area contributed by atoms with E-state index in [1.54, 1.807) is 13.8 Å². The predicted octanol–water partition coefficient (Wildman–Crippen LogP) is 1.63. The van der Waals surface area contributed by atoms with Gasteiger partial charge in [0.05, 0.1) is 19.6 Å². The summed E-state index contributed by atoms with van der Waals surface area (Å²) in [4.78, 5) is 11.4. The van der Waals surface area contributed by atoms with Gasteiger partial charge >= 0.3 is 5.97 Å². The van der Waals surface area contributed by atoms with Crippen LogP contribution in [-0.4, -0.2) is 61.5 Å². The Kier molecular flexibility index (Phi) is 8.13. The van der Waals surface area contributed by atoms with Gasteiger partial charge in [-0.05, 0) is 27.2 Å². The lowest BCUT2D eigenvalue weighted by molar-refractivity contribution is -0.924. The first-order valence-electron chi connectivity index (χ1n) is 7.25. The number of esters is 1. The number of ether oxygens (including phenoxy) is 1. The lowest BCUT2D eigenvalue weighted by Gasteiger charge is -2.38. The van der Waals surface area contributed by atoms with E-state index in [1.165, 1.54) is 0 Å². The fourth-order valence-corrected chi connectivity index (χ4v) is 3.14. The third-order valence-corrected chi connectivity index (χ3v) is 5.28. The topological polar surface area (TPSA) is 80.7 Å². The highest BCUT2D eigenvalue weighted by Gasteiger charge is 2.33. The average Bonchev–Trinajstić information content (AvgIpc) is 2.41. The summed E-state index contributed by atoms with van der Waals surface area (Å²) in [5.74, 6) is -0.442. The van der Waals surface area contributed by atoms with Crippen molar-refractivity contribution in [2.75, 3.05) is 32.8 Å². The molecule has 0 saturated heterocycles. The number of nitrogens with zero attached hydrogens (tertiary/aromatic N) is 1. The summed E-state index contributed by atoms with van der Waals surface area (Å²) in [6.45, 7) is 13.2. The minimum atomic E-state index is -4.06. The van der Waals surface area contributed by atoms with E-state index in [2.05, 4.69) is 6.58 Å². The maximum Gasteiger partial charge on any atom is 0.333 e. The van der Waals surface area contributed by atoms with Gasteiger partial charge in [-0.1, -0.05) is 13.5 Å². The largest absolute Gasteiger partial charge is 0.456 e. The van der Waals surface area contributed by atoms with Crippen molar-refractivity contribution in [1.29, 1.82) is 0 Å². The molecule has 124 valence electrons. The van der Waals surface area contributed by atoms with Crippen LogP contribution in [0.3, 0.4) is 0 Å². The molecular weight excluding hydrogens is 294 g/mol. The number of hydrogen-bond donors (Lipinski definition) is 1. The number of carbonyl (C=O) groups is 1. The molecule has 0 aliphatic carbocycles. The van der Waals surface area contributed by atoms with Crippen LogP contribution in [0.25, 0.3) is 0 Å². The summed E-state index contributed by atoms with van der Waals surface area (Å²) >= 11 is 0. The molecule has 1 unspecified atom stereocenters. The van der Waals surface area contributed by atoms with Gasteiger partial charge in [-0.3, -0.25) is 4.55 Å². The zero-order valence-corrected chi connectivity index (χ0v) is 14.3. The van der Waals surface area contributed by atoms with Crippen molar-refractivity contribution in [3.05, 3.63) is 12.2 Å². The Hall–Kier alpha value is -0.920. The Balaban J connectivity index is 4.84. The fraction of sp³-hybridized carbons (Fsp3) is 0.786. The Morgan fingerprint density at radius 2 is 1.81 bits per heavy atom. The molecule has 0 saturated carbocycles. The van der Waals surface area contributed by atoms with Crippen LogP contribution in [0.2, 0.25) is 0 Å². The second kappa shape index (κ2) is 8.51. The highest BCUT2D eigenvalue weighted by atomic mass is 32.2. The van der Waals surface area contributed by atoms with Crippen LogP contribution in [0.15, 0.2) is 12.2 Å². The first-order chi connectivity index (χ1) is 9.61. The van der Waals surface area contributed by atoms with Gasteiger partial charge in [0.2, 0.25) is 0 Å². The van der Waals surface area contributed by atoms with Crippen LogP contribution >= 0.6 is 0 Å². The standard InChI is InChI=1S/C14H27NO5S/c1-6-13(21(17,18)19)11-15(7-2,8-3)9-10-20-14(16)12(4)5/h13H,4,6-11H2,1-3,5H3/p+1. The quantitative estimate of drug-likeness (QED) is 0.286. The molecule has 6 nitrogen and oxygen atoms in total. The van der Waals surface area contributed by atoms with E-state index in [1.807, 2.05) is 13.8 Å². The Morgan fingerprint density at radius 1 is 1.29 bits per heavy atom. The molecule has 0 amide bonds. The summed E-state index contributed by atoms with van der Waals surface area (Å²) in [5, 5.41) is -0.797. The molecular formula is C14H28NO5S+. The molecule has 0 aromatic rings. The van der Waals surface area contributed by atoms with Crippen LogP contribution in [0.5, 0.6) is 0 Å². The summed E-state index contributed by atoms with van der Waals surface area (Å²) in [6, 6.07) is 0. The van der Waals surface area contributed by atoms with Crippen molar-refractivity contribution in [1.82, 2.24) is 0 Å². The van der Waals surface area contributed by atoms with Crippen LogP contribution in [-0.2, 0) is 19.6 Å². The minimum absolute atomic E-state index is 0.204. The maximum atomic E-state index is 11.4. The number of likely N-dealkylation sites (N-methyl/N-ethyl adjacent to an activating group) is 1. The van der Waals surface area contributed by atoms with Gasteiger partial charge in [-0.2, -0.15) is 8.42 Å². The van der Waals surface area contributed by atoms with Gasteiger partial charge in [0, 0.05) is 5.57 Å². The van der Waals surface area contributed by atoms with Gasteiger partial charge in [0.1, 0.15) is 18.4 Å². The van der Waals surface area contributed by atoms with E-state index in [-0.39, 0.29) is 6.61 Å². The number of carbonyl (C=O) groups excluding carboxylic acids is 1. The zero-order chi connectivity index (χ0) is 16.7. The average molecular weight is 322 g/mol. The molecule has 0 radical (unpaired) electrons. The third-order valence-electron chi connectivity index (χ3n) is 3.96. The maximum absolute atomic E-state index is 11.4. The molecule has 0 aromatic carbocycles. The van der Waals surface area contributed by atoms with Crippen molar-refractivity contribution in [3.63, 3.8) is 0 Å². The molecule has 0 rings (SSSR count). The second-order valence-electron chi connectivity index (χ2n) is 5.34. The molecule has 0 bridgehead atoms. The highest BCUT2D eigenvalue weighted by Crippen LogP contribution is 2.15. The van der Waals surface area contributed by atoms with E-state index in [9.17, 15) is 17.8 Å². The molecule has 1 N–H and O–H groups in total. The summed E-state index contributed by atoms with van der Waals surface area (Å²) in [5.41, 5.74) is 0.338. The van der Waals surface area contributed by atoms with Crippen molar-refractivity contribution < 1.29 is 27.0 Å². The third kappa shape index (κ3) is 6.58. The smallest absolute Gasteiger partial charge is 0.333 e. The summed E-state index contributed by atoms with van der Waals surface area (Å²) in [7, 11) is -4.06. The fourth-order valence-electron chi connectivity index (χ4n) is 2.21. The van der Waals surface area contributed by atoms with Gasteiger partial charge in [0.15, 0.2) is 0 Å². The first kappa shape index (κ1) is 20.1. The highest BCUT2D eigenvalue weighted by molar-refractivity contribution is 7.86. The van der Waals surface area contributed by atoms with Crippen LogP contribution in [0.1, 0.15) is 34.1 Å². The SMILES string of the molecule is C=C(C)C(=O)OCC[N+](CC)(CC)CC(CC)S(=O)(=O)O. The molecule has 0 aliphatic rings. The monoisotopic (exact) mass is 322 g/mol. The van der Waals surface area contributed by atoms with Gasteiger partial charge in [-0.25, -0.2) is 4.79 Å². The predicted molar refractivity (Wildman–Crippen MR) is 82.5 cm³/mol. The van der Waals surface area contributed by atoms with E-state index >= 15 is 0 Å². The van der Waals surface area contributed by atoms with E-state index < -0.39 is 21.3 Å². The van der Waals surface area contributed by atoms with Gasteiger partial charge in [-0.15, -0.1) is 0 Å². The zero-order valence-electron chi connectivity index (χ0n) is 13.5. The van der Waals surface area contributed by atoms with Gasteiger partial charge in [0.25, 0.3) is 10.1 Å². The normalized spacial score (nSPS) is 13.8. The molecule has 21 heavy (non-hydrogen) atoms.